The predicted octanol–water partition coefficient (Wildman–Crippen LogP) is 3.22. The zero-order chi connectivity index (χ0) is 15.6. The highest BCUT2D eigenvalue weighted by Gasteiger charge is 2.12. The molecule has 0 aliphatic carbocycles. The van der Waals surface area contributed by atoms with Gasteiger partial charge in [0.25, 0.3) is 0 Å². The Bertz CT molecular complexity index is 964. The number of nitrogens with zero attached hydrogens (tertiary/aromatic N) is 2. The van der Waals surface area contributed by atoms with Crippen LogP contribution in [0.1, 0.15) is 0 Å². The highest BCUT2D eigenvalue weighted by atomic mass is 14.8. The first-order valence-electron chi connectivity index (χ1n) is 7.70. The Morgan fingerprint density at radius 3 is 1.57 bits per heavy atom. The summed E-state index contributed by atoms with van der Waals surface area (Å²) >= 11 is 0. The van der Waals surface area contributed by atoms with E-state index in [-0.39, 0.29) is 0 Å². The summed E-state index contributed by atoms with van der Waals surface area (Å²) in [5.74, 6) is 0. The predicted molar refractivity (Wildman–Crippen MR) is 98.6 cm³/mol. The molecule has 0 atom stereocenters. The molecular weight excluding hydrogens is 279 g/mol. The molecule has 0 spiro atoms. The van der Waals surface area contributed by atoms with Crippen LogP contribution < -0.4 is 5.46 Å². The molecule has 0 amide bonds. The Kier molecular flexibility index (Phi) is 3.39. The molecule has 0 saturated heterocycles. The summed E-state index contributed by atoms with van der Waals surface area (Å²) in [7, 11) is 2.09. The van der Waals surface area contributed by atoms with Gasteiger partial charge in [-0.3, -0.25) is 0 Å². The van der Waals surface area contributed by atoms with E-state index in [9.17, 15) is 0 Å². The number of hydrogen-bond acceptors (Lipinski definition) is 2. The van der Waals surface area contributed by atoms with Crippen LogP contribution in [0.25, 0.3) is 33.5 Å². The largest absolute Gasteiger partial charge is 0.244 e. The number of para-hydroxylation sites is 2. The number of aromatic nitrogens is 2. The van der Waals surface area contributed by atoms with Crippen molar-refractivity contribution in [3.05, 3.63) is 78.9 Å². The third-order valence-corrected chi connectivity index (χ3v) is 3.94. The van der Waals surface area contributed by atoms with Gasteiger partial charge < -0.3 is 0 Å². The summed E-state index contributed by atoms with van der Waals surface area (Å²) in [6.45, 7) is 0. The molecule has 0 bridgehead atoms. The minimum absolute atomic E-state index is 0.919. The van der Waals surface area contributed by atoms with Crippen LogP contribution in [0.3, 0.4) is 0 Å². The van der Waals surface area contributed by atoms with Crippen molar-refractivity contribution in [1.82, 2.24) is 9.97 Å². The van der Waals surface area contributed by atoms with Gasteiger partial charge in [-0.2, -0.15) is 0 Å². The van der Waals surface area contributed by atoms with Gasteiger partial charge >= 0.3 is 0 Å². The first-order chi connectivity index (χ1) is 11.3. The second-order valence-electron chi connectivity index (χ2n) is 5.64. The lowest BCUT2D eigenvalue weighted by molar-refractivity contribution is 1.29. The molecule has 4 rings (SSSR count). The zero-order valence-corrected chi connectivity index (χ0v) is 12.9. The monoisotopic (exact) mass is 294 g/mol. The maximum absolute atomic E-state index is 4.89. The second-order valence-corrected chi connectivity index (χ2v) is 5.64. The van der Waals surface area contributed by atoms with E-state index in [1.807, 2.05) is 42.5 Å². The molecule has 0 N–H and O–H groups in total. The van der Waals surface area contributed by atoms with Crippen LogP contribution in [0, 0.1) is 0 Å². The van der Waals surface area contributed by atoms with E-state index in [4.69, 9.17) is 9.97 Å². The van der Waals surface area contributed by atoms with E-state index in [2.05, 4.69) is 44.2 Å². The Balaban J connectivity index is 2.02. The van der Waals surface area contributed by atoms with E-state index in [1.54, 1.807) is 0 Å². The lowest BCUT2D eigenvalue weighted by Gasteiger charge is -2.10. The number of benzene rings is 3. The molecule has 0 saturated carbocycles. The summed E-state index contributed by atoms with van der Waals surface area (Å²) in [5, 5.41) is 0. The molecule has 4 aromatic rings. The SMILES string of the molecule is Bc1ccc(-c2nc3ccccc3nc2-c2ccccc2)cc1. The highest BCUT2D eigenvalue weighted by molar-refractivity contribution is 6.32. The fourth-order valence-corrected chi connectivity index (χ4v) is 2.71. The van der Waals surface area contributed by atoms with Crippen molar-refractivity contribution in [2.75, 3.05) is 0 Å². The molecule has 108 valence electrons. The summed E-state index contributed by atoms with van der Waals surface area (Å²) in [6, 6.07) is 26.7. The Labute approximate surface area is 136 Å². The molecular formula is C20H15BN2. The van der Waals surface area contributed by atoms with Crippen LogP contribution >= 0.6 is 0 Å². The lowest BCUT2D eigenvalue weighted by atomic mass is 9.94. The molecule has 3 aromatic carbocycles. The molecule has 0 aliphatic rings. The molecule has 23 heavy (non-hydrogen) atoms. The number of rotatable bonds is 2. The molecule has 0 fully saturated rings. The second kappa shape index (κ2) is 5.69. The minimum Gasteiger partial charge on any atom is -0.244 e. The van der Waals surface area contributed by atoms with Gasteiger partial charge in [0.15, 0.2) is 0 Å². The van der Waals surface area contributed by atoms with E-state index in [1.165, 1.54) is 5.46 Å². The van der Waals surface area contributed by atoms with Crippen LogP contribution in [0.5, 0.6) is 0 Å². The van der Waals surface area contributed by atoms with Gasteiger partial charge in [-0.15, -0.1) is 0 Å². The Morgan fingerprint density at radius 2 is 1.00 bits per heavy atom. The molecule has 0 unspecified atom stereocenters. The van der Waals surface area contributed by atoms with Crippen LogP contribution in [-0.2, 0) is 0 Å². The van der Waals surface area contributed by atoms with Gasteiger partial charge in [0.2, 0.25) is 0 Å². The molecule has 0 radical (unpaired) electrons. The Morgan fingerprint density at radius 1 is 0.522 bits per heavy atom. The fourth-order valence-electron chi connectivity index (χ4n) is 2.71. The molecule has 3 heteroatoms. The molecule has 1 aromatic heterocycles. The van der Waals surface area contributed by atoms with E-state index < -0.39 is 0 Å². The van der Waals surface area contributed by atoms with Gasteiger partial charge in [-0.05, 0) is 12.1 Å². The molecule has 1 heterocycles. The van der Waals surface area contributed by atoms with Crippen LogP contribution in [0.2, 0.25) is 0 Å². The average molecular weight is 294 g/mol. The normalized spacial score (nSPS) is 10.8. The summed E-state index contributed by atoms with van der Waals surface area (Å²) in [5.41, 5.74) is 7.10. The van der Waals surface area contributed by atoms with Crippen LogP contribution in [-0.4, -0.2) is 17.8 Å². The van der Waals surface area contributed by atoms with Gasteiger partial charge in [-0.1, -0.05) is 72.2 Å². The van der Waals surface area contributed by atoms with Gasteiger partial charge in [0.05, 0.1) is 22.4 Å². The van der Waals surface area contributed by atoms with Crippen molar-refractivity contribution in [1.29, 1.82) is 0 Å². The fraction of sp³-hybridized carbons (Fsp3) is 0. The van der Waals surface area contributed by atoms with Crippen molar-refractivity contribution >= 4 is 24.3 Å². The van der Waals surface area contributed by atoms with E-state index in [0.717, 1.165) is 33.5 Å². The summed E-state index contributed by atoms with van der Waals surface area (Å²) < 4.78 is 0. The maximum Gasteiger partial charge on any atom is 0.139 e. The first kappa shape index (κ1) is 13.7. The average Bonchev–Trinajstić information content (AvgIpc) is 2.62. The molecule has 2 nitrogen and oxygen atoms in total. The number of fused-ring (bicyclic) bond motifs is 1. The number of hydrogen-bond donors (Lipinski definition) is 0. The van der Waals surface area contributed by atoms with Crippen LogP contribution in [0.4, 0.5) is 0 Å². The summed E-state index contributed by atoms with van der Waals surface area (Å²) in [6.07, 6.45) is 0. The smallest absolute Gasteiger partial charge is 0.139 e. The zero-order valence-electron chi connectivity index (χ0n) is 12.9. The van der Waals surface area contributed by atoms with Crippen molar-refractivity contribution in [3.8, 4) is 22.5 Å². The summed E-state index contributed by atoms with van der Waals surface area (Å²) in [4.78, 5) is 9.77. The van der Waals surface area contributed by atoms with Gasteiger partial charge in [0.1, 0.15) is 7.85 Å². The van der Waals surface area contributed by atoms with E-state index >= 15 is 0 Å². The lowest BCUT2D eigenvalue weighted by Crippen LogP contribution is -2.01. The van der Waals surface area contributed by atoms with Crippen molar-refractivity contribution < 1.29 is 0 Å². The highest BCUT2D eigenvalue weighted by Crippen LogP contribution is 2.30. The van der Waals surface area contributed by atoms with Crippen LogP contribution in [0.15, 0.2) is 78.9 Å². The van der Waals surface area contributed by atoms with Crippen molar-refractivity contribution in [3.63, 3.8) is 0 Å². The quantitative estimate of drug-likeness (QED) is 0.530. The Hall–Kier alpha value is -2.94. The van der Waals surface area contributed by atoms with Crippen molar-refractivity contribution in [2.24, 2.45) is 0 Å². The van der Waals surface area contributed by atoms with E-state index in [0.29, 0.717) is 0 Å². The first-order valence-corrected chi connectivity index (χ1v) is 7.70. The maximum atomic E-state index is 4.89. The minimum atomic E-state index is 0.919. The standard InChI is InChI=1S/C20H15BN2/c21-16-12-10-15(11-13-16)20-19(14-6-2-1-3-7-14)22-17-8-4-5-9-18(17)23-20/h1-13H,21H2. The third kappa shape index (κ3) is 2.62. The topological polar surface area (TPSA) is 25.8 Å². The van der Waals surface area contributed by atoms with Gasteiger partial charge in [0, 0.05) is 11.1 Å². The molecule has 0 aliphatic heterocycles. The third-order valence-electron chi connectivity index (χ3n) is 3.94. The van der Waals surface area contributed by atoms with Gasteiger partial charge in [-0.25, -0.2) is 9.97 Å². The van der Waals surface area contributed by atoms with Crippen molar-refractivity contribution in [2.45, 2.75) is 0 Å².